The number of hydrogen-bond donors (Lipinski definition) is 4. The van der Waals surface area contributed by atoms with Gasteiger partial charge < -0.3 is 25.4 Å². The summed E-state index contributed by atoms with van der Waals surface area (Å²) in [5, 5.41) is 32.0. The maximum absolute atomic E-state index is 13.2. The van der Waals surface area contributed by atoms with E-state index in [1.54, 1.807) is 0 Å². The first kappa shape index (κ1) is 26.2. The standard InChI is InChI=1S/C27H24F3NO6/c28-27(29,30)22-13-15(9-10-20(22)25(34)35)24(33)23(32)11-12-31-26(36)37-14-21-18-7-3-1-5-16(18)17-6-2-4-8-19(17)21/h1-10,13,21,23-24,32-33H,11-12,14H2,(H,31,36)(H,34,35). The van der Waals surface area contributed by atoms with Crippen molar-refractivity contribution in [2.45, 2.75) is 30.7 Å². The van der Waals surface area contributed by atoms with Crippen LogP contribution in [-0.4, -0.2) is 46.6 Å². The smallest absolute Gasteiger partial charge is 0.417 e. The number of hydrogen-bond acceptors (Lipinski definition) is 5. The van der Waals surface area contributed by atoms with Crippen molar-refractivity contribution >= 4 is 12.1 Å². The summed E-state index contributed by atoms with van der Waals surface area (Å²) in [7, 11) is 0. The topological polar surface area (TPSA) is 116 Å². The normalized spacial score (nSPS) is 14.4. The molecule has 194 valence electrons. The molecule has 0 bridgehead atoms. The molecule has 3 aromatic rings. The van der Waals surface area contributed by atoms with Gasteiger partial charge in [-0.15, -0.1) is 0 Å². The van der Waals surface area contributed by atoms with Crippen LogP contribution < -0.4 is 5.32 Å². The highest BCUT2D eigenvalue weighted by molar-refractivity contribution is 5.89. The fourth-order valence-electron chi connectivity index (χ4n) is 4.52. The second-order valence-electron chi connectivity index (χ2n) is 8.66. The SMILES string of the molecule is O=C(NCCC(O)C(O)c1ccc(C(=O)O)c(C(F)(F)F)c1)OCC1c2ccccc2-c2ccccc21. The van der Waals surface area contributed by atoms with Gasteiger partial charge >= 0.3 is 18.2 Å². The Balaban J connectivity index is 1.31. The number of carboxylic acids is 1. The van der Waals surface area contributed by atoms with Gasteiger partial charge in [-0.3, -0.25) is 0 Å². The highest BCUT2D eigenvalue weighted by atomic mass is 19.4. The van der Waals surface area contributed by atoms with E-state index in [1.165, 1.54) is 0 Å². The summed E-state index contributed by atoms with van der Waals surface area (Å²) in [6.07, 6.45) is -9.14. The number of alkyl halides is 3. The van der Waals surface area contributed by atoms with E-state index < -0.39 is 41.6 Å². The second kappa shape index (κ2) is 10.6. The monoisotopic (exact) mass is 515 g/mol. The lowest BCUT2D eigenvalue weighted by Gasteiger charge is -2.20. The summed E-state index contributed by atoms with van der Waals surface area (Å²) in [5.41, 5.74) is 1.55. The zero-order valence-electron chi connectivity index (χ0n) is 19.4. The third-order valence-corrected chi connectivity index (χ3v) is 6.34. The fraction of sp³-hybridized carbons (Fsp3) is 0.259. The molecule has 0 heterocycles. The summed E-state index contributed by atoms with van der Waals surface area (Å²) >= 11 is 0. The van der Waals surface area contributed by atoms with E-state index in [-0.39, 0.29) is 31.1 Å². The Kier molecular flexibility index (Phi) is 7.51. The van der Waals surface area contributed by atoms with E-state index in [1.807, 2.05) is 48.5 Å². The number of carbonyl (C=O) groups is 2. The van der Waals surface area contributed by atoms with Gasteiger partial charge in [-0.25, -0.2) is 9.59 Å². The van der Waals surface area contributed by atoms with Crippen LogP contribution in [0.15, 0.2) is 66.7 Å². The molecule has 37 heavy (non-hydrogen) atoms. The number of carbonyl (C=O) groups excluding carboxylic acids is 1. The largest absolute Gasteiger partial charge is 0.478 e. The zero-order chi connectivity index (χ0) is 26.7. The van der Waals surface area contributed by atoms with E-state index in [0.29, 0.717) is 6.07 Å². The minimum absolute atomic E-state index is 0.0845. The first-order valence-electron chi connectivity index (χ1n) is 11.5. The molecule has 1 amide bonds. The van der Waals surface area contributed by atoms with Crippen molar-refractivity contribution in [3.05, 3.63) is 94.5 Å². The highest BCUT2D eigenvalue weighted by Crippen LogP contribution is 2.44. The van der Waals surface area contributed by atoms with Crippen LogP contribution in [0.1, 0.15) is 51.1 Å². The van der Waals surface area contributed by atoms with Gasteiger partial charge in [0.05, 0.1) is 17.2 Å². The molecule has 1 aliphatic carbocycles. The number of nitrogens with one attached hydrogen (secondary N) is 1. The minimum atomic E-state index is -4.96. The van der Waals surface area contributed by atoms with Gasteiger partial charge in [0.2, 0.25) is 0 Å². The van der Waals surface area contributed by atoms with E-state index in [9.17, 15) is 33.0 Å². The molecule has 0 spiro atoms. The Hall–Kier alpha value is -3.89. The van der Waals surface area contributed by atoms with Crippen LogP contribution in [0.25, 0.3) is 11.1 Å². The molecular weight excluding hydrogens is 491 g/mol. The molecule has 0 saturated heterocycles. The number of halogens is 3. The molecule has 0 aromatic heterocycles. The Morgan fingerprint density at radius 2 is 1.54 bits per heavy atom. The number of aliphatic hydroxyl groups is 2. The van der Waals surface area contributed by atoms with Crippen LogP contribution in [0.2, 0.25) is 0 Å². The predicted octanol–water partition coefficient (Wildman–Crippen LogP) is 4.73. The van der Waals surface area contributed by atoms with E-state index >= 15 is 0 Å². The molecule has 2 atom stereocenters. The average Bonchev–Trinajstić information content (AvgIpc) is 3.19. The number of alkyl carbamates (subject to hydrolysis) is 1. The number of amides is 1. The molecule has 7 nitrogen and oxygen atoms in total. The van der Waals surface area contributed by atoms with E-state index in [2.05, 4.69) is 5.32 Å². The molecule has 0 saturated carbocycles. The van der Waals surface area contributed by atoms with Gasteiger partial charge in [0, 0.05) is 12.5 Å². The maximum atomic E-state index is 13.2. The zero-order valence-corrected chi connectivity index (χ0v) is 19.4. The molecule has 0 fully saturated rings. The predicted molar refractivity (Wildman–Crippen MR) is 127 cm³/mol. The Morgan fingerprint density at radius 1 is 0.946 bits per heavy atom. The van der Waals surface area contributed by atoms with Crippen LogP contribution in [0.4, 0.5) is 18.0 Å². The van der Waals surface area contributed by atoms with Crippen LogP contribution in [0.5, 0.6) is 0 Å². The molecule has 0 radical (unpaired) electrons. The molecule has 10 heteroatoms. The molecule has 4 N–H and O–H groups in total. The highest BCUT2D eigenvalue weighted by Gasteiger charge is 2.36. The molecule has 1 aliphatic rings. The van der Waals surface area contributed by atoms with Gasteiger partial charge in [0.25, 0.3) is 0 Å². The van der Waals surface area contributed by atoms with E-state index in [0.717, 1.165) is 34.4 Å². The number of benzene rings is 3. The van der Waals surface area contributed by atoms with Crippen molar-refractivity contribution in [3.8, 4) is 11.1 Å². The molecule has 4 rings (SSSR count). The lowest BCUT2D eigenvalue weighted by molar-refractivity contribution is -0.138. The summed E-state index contributed by atoms with van der Waals surface area (Å²) < 4.78 is 45.1. The van der Waals surface area contributed by atoms with Crippen LogP contribution in [-0.2, 0) is 10.9 Å². The first-order chi connectivity index (χ1) is 17.6. The molecule has 2 unspecified atom stereocenters. The number of aliphatic hydroxyl groups excluding tert-OH is 2. The number of carboxylic acid groups (broad SMARTS) is 1. The van der Waals surface area contributed by atoms with Crippen molar-refractivity contribution in [1.82, 2.24) is 5.32 Å². The number of rotatable bonds is 8. The van der Waals surface area contributed by atoms with Crippen molar-refractivity contribution in [2.75, 3.05) is 13.2 Å². The van der Waals surface area contributed by atoms with Gasteiger partial charge in [-0.05, 0) is 46.4 Å². The van der Waals surface area contributed by atoms with Crippen molar-refractivity contribution in [3.63, 3.8) is 0 Å². The van der Waals surface area contributed by atoms with Crippen LogP contribution in [0, 0.1) is 0 Å². The Labute approximate surface area is 210 Å². The summed E-state index contributed by atoms with van der Waals surface area (Å²) in [5.74, 6) is -1.90. The quantitative estimate of drug-likeness (QED) is 0.345. The second-order valence-corrected chi connectivity index (χ2v) is 8.66. The van der Waals surface area contributed by atoms with Crippen molar-refractivity contribution in [2.24, 2.45) is 0 Å². The summed E-state index contributed by atoms with van der Waals surface area (Å²) in [6.45, 7) is -0.0323. The van der Waals surface area contributed by atoms with Gasteiger partial charge in [0.15, 0.2) is 0 Å². The molecule has 3 aromatic carbocycles. The number of fused-ring (bicyclic) bond motifs is 3. The van der Waals surface area contributed by atoms with Gasteiger partial charge in [-0.2, -0.15) is 13.2 Å². The Morgan fingerprint density at radius 3 is 2.11 bits per heavy atom. The van der Waals surface area contributed by atoms with Gasteiger partial charge in [0.1, 0.15) is 12.7 Å². The fourth-order valence-corrected chi connectivity index (χ4v) is 4.52. The lowest BCUT2D eigenvalue weighted by atomic mass is 9.97. The molecular formula is C27H24F3NO6. The number of aromatic carboxylic acids is 1. The Bertz CT molecular complexity index is 1260. The molecule has 0 aliphatic heterocycles. The third-order valence-electron chi connectivity index (χ3n) is 6.34. The van der Waals surface area contributed by atoms with Crippen LogP contribution in [0.3, 0.4) is 0 Å². The first-order valence-corrected chi connectivity index (χ1v) is 11.5. The minimum Gasteiger partial charge on any atom is -0.478 e. The average molecular weight is 515 g/mol. The lowest BCUT2D eigenvalue weighted by Crippen LogP contribution is -2.30. The van der Waals surface area contributed by atoms with Crippen molar-refractivity contribution < 1.29 is 42.8 Å². The summed E-state index contributed by atoms with van der Waals surface area (Å²) in [4.78, 5) is 23.3. The third kappa shape index (κ3) is 5.60. The van der Waals surface area contributed by atoms with Crippen LogP contribution >= 0.6 is 0 Å². The van der Waals surface area contributed by atoms with E-state index in [4.69, 9.17) is 9.84 Å². The maximum Gasteiger partial charge on any atom is 0.417 e. The van der Waals surface area contributed by atoms with Gasteiger partial charge in [-0.1, -0.05) is 54.6 Å². The number of ether oxygens (including phenoxy) is 1. The van der Waals surface area contributed by atoms with Crippen molar-refractivity contribution in [1.29, 1.82) is 0 Å². The summed E-state index contributed by atoms with van der Waals surface area (Å²) in [6, 6.07) is 17.9.